The third kappa shape index (κ3) is 4.29. The number of methoxy groups -OCH3 is 1. The van der Waals surface area contributed by atoms with Gasteiger partial charge in [0.05, 0.1) is 18.7 Å². The molecule has 4 heterocycles. The lowest BCUT2D eigenvalue weighted by Crippen LogP contribution is -2.46. The molecule has 2 aromatic carbocycles. The molecule has 3 fully saturated rings. The van der Waals surface area contributed by atoms with Gasteiger partial charge in [0.1, 0.15) is 12.3 Å². The Bertz CT molecular complexity index is 1440. The van der Waals surface area contributed by atoms with E-state index in [0.717, 1.165) is 23.2 Å². The van der Waals surface area contributed by atoms with Crippen LogP contribution in [0.15, 0.2) is 54.9 Å². The largest absolute Gasteiger partial charge is 0.496 e. The average molecular weight is 529 g/mol. The molecule has 0 saturated carbocycles. The summed E-state index contributed by atoms with van der Waals surface area (Å²) in [6.07, 6.45) is 5.47. The topological polar surface area (TPSA) is 128 Å². The van der Waals surface area contributed by atoms with Crippen molar-refractivity contribution in [2.45, 2.75) is 19.3 Å². The van der Waals surface area contributed by atoms with Crippen LogP contribution in [-0.4, -0.2) is 72.1 Å². The molecule has 0 radical (unpaired) electrons. The maximum atomic E-state index is 13.7. The molecule has 200 valence electrons. The Labute approximate surface area is 224 Å². The zero-order valence-electron chi connectivity index (χ0n) is 21.5. The number of carbonyl (C=O) groups excluding carboxylic acids is 4. The van der Waals surface area contributed by atoms with Crippen LogP contribution in [0.2, 0.25) is 0 Å². The molecule has 5 amide bonds. The second-order valence-corrected chi connectivity index (χ2v) is 10.1. The van der Waals surface area contributed by atoms with Crippen LogP contribution < -0.4 is 19.9 Å². The normalized spacial score (nSPS) is 18.7. The molecule has 3 aliphatic rings. The summed E-state index contributed by atoms with van der Waals surface area (Å²) in [6, 6.07) is 12.0. The van der Waals surface area contributed by atoms with Crippen molar-refractivity contribution in [2.75, 3.05) is 43.1 Å². The Kier molecular flexibility index (Phi) is 6.05. The first-order valence-corrected chi connectivity index (χ1v) is 12.9. The summed E-state index contributed by atoms with van der Waals surface area (Å²) in [7, 11) is 1.61. The number of nitrogens with one attached hydrogen (secondary N) is 2. The van der Waals surface area contributed by atoms with E-state index in [0.29, 0.717) is 49.5 Å². The molecule has 0 aliphatic carbocycles. The summed E-state index contributed by atoms with van der Waals surface area (Å²) in [4.78, 5) is 55.1. The molecule has 3 aromatic rings. The monoisotopic (exact) mass is 528 g/mol. The summed E-state index contributed by atoms with van der Waals surface area (Å²) < 4.78 is 5.61. The average Bonchev–Trinajstić information content (AvgIpc) is 3.69. The van der Waals surface area contributed by atoms with E-state index in [1.54, 1.807) is 48.7 Å². The van der Waals surface area contributed by atoms with E-state index in [1.165, 1.54) is 4.90 Å². The van der Waals surface area contributed by atoms with Crippen molar-refractivity contribution < 1.29 is 23.9 Å². The summed E-state index contributed by atoms with van der Waals surface area (Å²) in [6.45, 7) is 1.57. The van der Waals surface area contributed by atoms with Crippen LogP contribution in [0.3, 0.4) is 0 Å². The molecule has 6 rings (SSSR count). The van der Waals surface area contributed by atoms with Crippen LogP contribution in [0.5, 0.6) is 5.75 Å². The van der Waals surface area contributed by atoms with E-state index in [2.05, 4.69) is 15.5 Å². The molecular formula is C28H28N6O5. The first kappa shape index (κ1) is 24.7. The standard InChI is InChI=1S/C28H28N6O5/c1-39-23-14-21(6-7-22(23)19-15-29-30-16-19)33-13-10-28(26(33)37)8-11-32(12-9-28)25(36)18-2-4-20(5-3-18)34-17-24(35)31-27(34)38/h2-7,14-16H,8-13,17H2,1H3,(H,29,30)(H,31,35,38). The van der Waals surface area contributed by atoms with Gasteiger partial charge in [0, 0.05) is 60.0 Å². The highest BCUT2D eigenvalue weighted by Gasteiger charge is 2.49. The number of imide groups is 1. The van der Waals surface area contributed by atoms with Crippen molar-refractivity contribution in [3.63, 3.8) is 0 Å². The van der Waals surface area contributed by atoms with E-state index in [9.17, 15) is 19.2 Å². The fourth-order valence-electron chi connectivity index (χ4n) is 5.77. The maximum Gasteiger partial charge on any atom is 0.329 e. The summed E-state index contributed by atoms with van der Waals surface area (Å²) in [5, 5.41) is 9.06. The molecular weight excluding hydrogens is 500 g/mol. The Morgan fingerprint density at radius 1 is 0.949 bits per heavy atom. The number of nitrogens with zero attached hydrogens (tertiary/aromatic N) is 4. The van der Waals surface area contributed by atoms with Gasteiger partial charge in [-0.05, 0) is 55.7 Å². The smallest absolute Gasteiger partial charge is 0.329 e. The number of hydrogen-bond donors (Lipinski definition) is 2. The van der Waals surface area contributed by atoms with Gasteiger partial charge in [-0.25, -0.2) is 4.79 Å². The van der Waals surface area contributed by atoms with E-state index in [4.69, 9.17) is 4.74 Å². The number of aromatic nitrogens is 2. The number of benzene rings is 2. The molecule has 11 nitrogen and oxygen atoms in total. The number of carbonyl (C=O) groups is 4. The van der Waals surface area contributed by atoms with Crippen LogP contribution >= 0.6 is 0 Å². The first-order valence-electron chi connectivity index (χ1n) is 12.9. The predicted octanol–water partition coefficient (Wildman–Crippen LogP) is 2.80. The van der Waals surface area contributed by atoms with E-state index in [1.807, 2.05) is 23.1 Å². The van der Waals surface area contributed by atoms with Gasteiger partial charge >= 0.3 is 6.03 Å². The number of likely N-dealkylation sites (tertiary alicyclic amines) is 1. The molecule has 11 heteroatoms. The van der Waals surface area contributed by atoms with Gasteiger partial charge in [-0.1, -0.05) is 0 Å². The second kappa shape index (κ2) is 9.57. The lowest BCUT2D eigenvalue weighted by molar-refractivity contribution is -0.127. The molecule has 0 atom stereocenters. The van der Waals surface area contributed by atoms with Crippen molar-refractivity contribution in [2.24, 2.45) is 5.41 Å². The molecule has 0 unspecified atom stereocenters. The number of amides is 5. The summed E-state index contributed by atoms with van der Waals surface area (Å²) >= 11 is 0. The zero-order valence-corrected chi connectivity index (χ0v) is 21.5. The zero-order chi connectivity index (χ0) is 27.1. The Morgan fingerprint density at radius 2 is 1.67 bits per heavy atom. The molecule has 1 spiro atoms. The maximum absolute atomic E-state index is 13.7. The molecule has 39 heavy (non-hydrogen) atoms. The number of hydrogen-bond acceptors (Lipinski definition) is 6. The highest BCUT2D eigenvalue weighted by atomic mass is 16.5. The van der Waals surface area contributed by atoms with E-state index >= 15 is 0 Å². The summed E-state index contributed by atoms with van der Waals surface area (Å²) in [5.41, 5.74) is 3.18. The number of piperidine rings is 1. The highest BCUT2D eigenvalue weighted by molar-refractivity contribution is 6.12. The molecule has 3 aliphatic heterocycles. The second-order valence-electron chi connectivity index (χ2n) is 10.1. The lowest BCUT2D eigenvalue weighted by Gasteiger charge is -2.38. The SMILES string of the molecule is COc1cc(N2CCC3(CCN(C(=O)c4ccc(N5CC(=O)NC5=O)cc4)CC3)C2=O)ccc1-c1cn[nH]c1. The van der Waals surface area contributed by atoms with Crippen LogP contribution in [0.4, 0.5) is 16.2 Å². The Morgan fingerprint density at radius 3 is 2.31 bits per heavy atom. The third-order valence-corrected chi connectivity index (χ3v) is 8.05. The van der Waals surface area contributed by atoms with Gasteiger partial charge < -0.3 is 14.5 Å². The van der Waals surface area contributed by atoms with Gasteiger partial charge in [0.2, 0.25) is 11.8 Å². The fourth-order valence-corrected chi connectivity index (χ4v) is 5.77. The minimum atomic E-state index is -0.479. The van der Waals surface area contributed by atoms with Crippen LogP contribution in [0.25, 0.3) is 11.1 Å². The van der Waals surface area contributed by atoms with Gasteiger partial charge in [-0.15, -0.1) is 0 Å². The number of urea groups is 1. The van der Waals surface area contributed by atoms with Crippen molar-refractivity contribution in [3.8, 4) is 16.9 Å². The number of rotatable bonds is 5. The van der Waals surface area contributed by atoms with Crippen LogP contribution in [0.1, 0.15) is 29.6 Å². The van der Waals surface area contributed by atoms with E-state index in [-0.39, 0.29) is 24.3 Å². The first-order chi connectivity index (χ1) is 18.9. The number of aromatic amines is 1. The summed E-state index contributed by atoms with van der Waals surface area (Å²) in [5.74, 6) is 0.301. The van der Waals surface area contributed by atoms with Gasteiger partial charge in [0.25, 0.3) is 5.91 Å². The Balaban J connectivity index is 1.11. The highest BCUT2D eigenvalue weighted by Crippen LogP contribution is 2.44. The lowest BCUT2D eigenvalue weighted by atomic mass is 9.77. The van der Waals surface area contributed by atoms with Gasteiger partial charge in [0.15, 0.2) is 0 Å². The number of ether oxygens (including phenoxy) is 1. The van der Waals surface area contributed by atoms with Crippen molar-refractivity contribution in [1.29, 1.82) is 0 Å². The van der Waals surface area contributed by atoms with Crippen LogP contribution in [0, 0.1) is 5.41 Å². The predicted molar refractivity (Wildman–Crippen MR) is 142 cm³/mol. The number of anilines is 2. The molecule has 1 aromatic heterocycles. The Hall–Kier alpha value is -4.67. The number of H-pyrrole nitrogens is 1. The third-order valence-electron chi connectivity index (χ3n) is 8.05. The fraction of sp³-hybridized carbons (Fsp3) is 0.321. The van der Waals surface area contributed by atoms with Crippen LogP contribution in [-0.2, 0) is 9.59 Å². The van der Waals surface area contributed by atoms with Gasteiger partial charge in [-0.3, -0.25) is 29.7 Å². The quantitative estimate of drug-likeness (QED) is 0.490. The molecule has 0 bridgehead atoms. The van der Waals surface area contributed by atoms with Crippen molar-refractivity contribution >= 4 is 35.1 Å². The molecule has 3 saturated heterocycles. The van der Waals surface area contributed by atoms with E-state index < -0.39 is 11.4 Å². The molecule has 2 N–H and O–H groups in total. The van der Waals surface area contributed by atoms with Crippen molar-refractivity contribution in [1.82, 2.24) is 20.4 Å². The van der Waals surface area contributed by atoms with Gasteiger partial charge in [-0.2, -0.15) is 5.10 Å². The minimum Gasteiger partial charge on any atom is -0.496 e. The minimum absolute atomic E-state index is 0.0350. The van der Waals surface area contributed by atoms with Crippen molar-refractivity contribution in [3.05, 3.63) is 60.4 Å².